The maximum Gasteiger partial charge on any atom is 0.319 e. The van der Waals surface area contributed by atoms with Gasteiger partial charge in [0.1, 0.15) is 5.82 Å². The van der Waals surface area contributed by atoms with Gasteiger partial charge in [-0.05, 0) is 23.8 Å². The van der Waals surface area contributed by atoms with E-state index in [9.17, 15) is 9.18 Å². The maximum absolute atomic E-state index is 13.0. The van der Waals surface area contributed by atoms with E-state index in [0.717, 1.165) is 5.56 Å². The Kier molecular flexibility index (Phi) is 4.94. The van der Waals surface area contributed by atoms with E-state index in [2.05, 4.69) is 15.6 Å². The van der Waals surface area contributed by atoms with E-state index in [1.165, 1.54) is 25.3 Å². The Morgan fingerprint density at radius 2 is 2.19 bits per heavy atom. The summed E-state index contributed by atoms with van der Waals surface area (Å²) >= 11 is 5.63. The molecule has 0 aliphatic heterocycles. The van der Waals surface area contributed by atoms with Crippen LogP contribution in [0.4, 0.5) is 14.9 Å². The summed E-state index contributed by atoms with van der Waals surface area (Å²) in [5.74, 6) is -0.0314. The molecule has 0 fully saturated rings. The molecule has 2 amide bonds. The summed E-state index contributed by atoms with van der Waals surface area (Å²) < 4.78 is 17.9. The molecule has 0 atom stereocenters. The zero-order valence-electron chi connectivity index (χ0n) is 11.2. The highest BCUT2D eigenvalue weighted by Crippen LogP contribution is 2.19. The molecule has 21 heavy (non-hydrogen) atoms. The summed E-state index contributed by atoms with van der Waals surface area (Å²) in [4.78, 5) is 15.7. The van der Waals surface area contributed by atoms with Crippen LogP contribution in [0.5, 0.6) is 5.88 Å². The fourth-order valence-electron chi connectivity index (χ4n) is 1.57. The van der Waals surface area contributed by atoms with Gasteiger partial charge in [0.05, 0.1) is 12.1 Å². The lowest BCUT2D eigenvalue weighted by atomic mass is 10.3. The molecule has 7 heteroatoms. The van der Waals surface area contributed by atoms with E-state index in [0.29, 0.717) is 18.1 Å². The topological polar surface area (TPSA) is 63.2 Å². The van der Waals surface area contributed by atoms with Gasteiger partial charge in [0.15, 0.2) is 0 Å². The zero-order chi connectivity index (χ0) is 15.2. The molecule has 110 valence electrons. The largest absolute Gasteiger partial charge is 0.481 e. The third kappa shape index (κ3) is 4.32. The number of hydrogen-bond donors (Lipinski definition) is 2. The number of benzene rings is 1. The van der Waals surface area contributed by atoms with Crippen LogP contribution >= 0.6 is 11.6 Å². The molecule has 2 rings (SSSR count). The highest BCUT2D eigenvalue weighted by molar-refractivity contribution is 6.31. The molecule has 2 N–H and O–H groups in total. The highest BCUT2D eigenvalue weighted by atomic mass is 35.5. The van der Waals surface area contributed by atoms with E-state index in [1.807, 2.05) is 0 Å². The van der Waals surface area contributed by atoms with Crippen LogP contribution in [0.1, 0.15) is 5.56 Å². The first-order valence-electron chi connectivity index (χ1n) is 6.07. The Morgan fingerprint density at radius 1 is 1.38 bits per heavy atom. The number of anilines is 1. The molecule has 1 heterocycles. The number of halogens is 2. The number of methoxy groups -OCH3 is 1. The third-order valence-electron chi connectivity index (χ3n) is 2.64. The minimum atomic E-state index is -0.535. The first-order chi connectivity index (χ1) is 10.1. The number of ether oxygens (including phenoxy) is 1. The Morgan fingerprint density at radius 3 is 2.81 bits per heavy atom. The van der Waals surface area contributed by atoms with E-state index in [1.54, 1.807) is 18.3 Å². The van der Waals surface area contributed by atoms with Gasteiger partial charge in [0, 0.05) is 24.5 Å². The van der Waals surface area contributed by atoms with Crippen LogP contribution in [0.25, 0.3) is 0 Å². The molecule has 0 radical (unpaired) electrons. The summed E-state index contributed by atoms with van der Waals surface area (Å²) in [5, 5.41) is 5.16. The molecule has 0 aliphatic rings. The average molecular weight is 310 g/mol. The first kappa shape index (κ1) is 15.1. The van der Waals surface area contributed by atoms with Gasteiger partial charge in [0.2, 0.25) is 5.88 Å². The lowest BCUT2D eigenvalue weighted by Gasteiger charge is -2.08. The van der Waals surface area contributed by atoms with Crippen molar-refractivity contribution in [1.29, 1.82) is 0 Å². The van der Waals surface area contributed by atoms with Crippen LogP contribution in [0.15, 0.2) is 36.5 Å². The quantitative estimate of drug-likeness (QED) is 0.911. The van der Waals surface area contributed by atoms with Crippen LogP contribution in [0.2, 0.25) is 5.02 Å². The molecular weight excluding hydrogens is 297 g/mol. The Bertz CT molecular complexity index is 635. The fraction of sp³-hybridized carbons (Fsp3) is 0.143. The van der Waals surface area contributed by atoms with Crippen LogP contribution < -0.4 is 15.4 Å². The van der Waals surface area contributed by atoms with Gasteiger partial charge in [-0.15, -0.1) is 0 Å². The number of carbonyl (C=O) groups excluding carboxylic acids is 1. The SMILES string of the molecule is COc1ccc(CNC(=O)Nc2ccc(F)c(Cl)c2)cn1. The molecule has 0 saturated carbocycles. The minimum absolute atomic E-state index is 0.0489. The van der Waals surface area contributed by atoms with E-state index in [4.69, 9.17) is 16.3 Å². The van der Waals surface area contributed by atoms with Gasteiger partial charge in [-0.1, -0.05) is 17.7 Å². The Balaban J connectivity index is 1.87. The molecule has 5 nitrogen and oxygen atoms in total. The monoisotopic (exact) mass is 309 g/mol. The second-order valence-electron chi connectivity index (χ2n) is 4.15. The molecule has 0 saturated heterocycles. The van der Waals surface area contributed by atoms with Crippen LogP contribution in [0.3, 0.4) is 0 Å². The smallest absolute Gasteiger partial charge is 0.319 e. The minimum Gasteiger partial charge on any atom is -0.481 e. The Hall–Kier alpha value is -2.34. The molecule has 0 bridgehead atoms. The van der Waals surface area contributed by atoms with Crippen molar-refractivity contribution < 1.29 is 13.9 Å². The van der Waals surface area contributed by atoms with Gasteiger partial charge in [-0.2, -0.15) is 0 Å². The standard InChI is InChI=1S/C14H13ClFN3O2/c1-21-13-5-2-9(7-17-13)8-18-14(20)19-10-3-4-12(16)11(15)6-10/h2-7H,8H2,1H3,(H2,18,19,20). The Labute approximate surface area is 126 Å². The van der Waals surface area contributed by atoms with Crippen LogP contribution in [0, 0.1) is 5.82 Å². The van der Waals surface area contributed by atoms with Crippen molar-refractivity contribution in [3.8, 4) is 5.88 Å². The van der Waals surface area contributed by atoms with Crippen molar-refractivity contribution in [2.75, 3.05) is 12.4 Å². The second-order valence-corrected chi connectivity index (χ2v) is 4.55. The number of nitrogens with one attached hydrogen (secondary N) is 2. The van der Waals surface area contributed by atoms with E-state index in [-0.39, 0.29) is 5.02 Å². The van der Waals surface area contributed by atoms with Crippen molar-refractivity contribution in [2.24, 2.45) is 0 Å². The van der Waals surface area contributed by atoms with Crippen molar-refractivity contribution in [3.63, 3.8) is 0 Å². The molecule has 1 aromatic carbocycles. The number of carbonyl (C=O) groups is 1. The number of nitrogens with zero attached hydrogens (tertiary/aromatic N) is 1. The maximum atomic E-state index is 13.0. The third-order valence-corrected chi connectivity index (χ3v) is 2.93. The van der Waals surface area contributed by atoms with Gasteiger partial charge in [-0.3, -0.25) is 0 Å². The average Bonchev–Trinajstić information content (AvgIpc) is 2.49. The molecule has 1 aromatic heterocycles. The lowest BCUT2D eigenvalue weighted by Crippen LogP contribution is -2.28. The number of amides is 2. The summed E-state index contributed by atoms with van der Waals surface area (Å²) in [6.45, 7) is 0.303. The normalized spacial score (nSPS) is 10.0. The van der Waals surface area contributed by atoms with Crippen molar-refractivity contribution in [3.05, 3.63) is 52.9 Å². The van der Waals surface area contributed by atoms with E-state index < -0.39 is 11.8 Å². The molecular formula is C14H13ClFN3O2. The van der Waals surface area contributed by atoms with E-state index >= 15 is 0 Å². The van der Waals surface area contributed by atoms with Gasteiger partial charge < -0.3 is 15.4 Å². The molecule has 0 spiro atoms. The summed E-state index contributed by atoms with van der Waals surface area (Å²) in [6, 6.07) is 7.02. The highest BCUT2D eigenvalue weighted by Gasteiger charge is 2.05. The van der Waals surface area contributed by atoms with Crippen molar-refractivity contribution >= 4 is 23.3 Å². The number of hydrogen-bond acceptors (Lipinski definition) is 3. The number of pyridine rings is 1. The first-order valence-corrected chi connectivity index (χ1v) is 6.45. The summed E-state index contributed by atoms with van der Waals surface area (Å²) in [5.41, 5.74) is 1.23. The lowest BCUT2D eigenvalue weighted by molar-refractivity contribution is 0.251. The fourth-order valence-corrected chi connectivity index (χ4v) is 1.75. The van der Waals surface area contributed by atoms with Crippen molar-refractivity contribution in [1.82, 2.24) is 10.3 Å². The predicted molar refractivity (Wildman–Crippen MR) is 78.1 cm³/mol. The van der Waals surface area contributed by atoms with Crippen molar-refractivity contribution in [2.45, 2.75) is 6.54 Å². The van der Waals surface area contributed by atoms with Gasteiger partial charge >= 0.3 is 6.03 Å². The van der Waals surface area contributed by atoms with Gasteiger partial charge in [-0.25, -0.2) is 14.2 Å². The predicted octanol–water partition coefficient (Wildman–Crippen LogP) is 3.20. The molecule has 0 unspecified atom stereocenters. The number of urea groups is 1. The number of aromatic nitrogens is 1. The van der Waals surface area contributed by atoms with Crippen LogP contribution in [-0.2, 0) is 6.54 Å². The summed E-state index contributed by atoms with van der Waals surface area (Å²) in [7, 11) is 1.53. The molecule has 2 aromatic rings. The molecule has 0 aliphatic carbocycles. The van der Waals surface area contributed by atoms with Crippen LogP contribution in [-0.4, -0.2) is 18.1 Å². The summed E-state index contributed by atoms with van der Waals surface area (Å²) in [6.07, 6.45) is 1.61. The zero-order valence-corrected chi connectivity index (χ0v) is 11.9. The second kappa shape index (κ2) is 6.90. The number of rotatable bonds is 4. The van der Waals surface area contributed by atoms with Gasteiger partial charge in [0.25, 0.3) is 0 Å².